The summed E-state index contributed by atoms with van der Waals surface area (Å²) in [6.07, 6.45) is 8.83. The zero-order valence-corrected chi connectivity index (χ0v) is 30.2. The van der Waals surface area contributed by atoms with Crippen LogP contribution in [0.1, 0.15) is 61.1 Å². The van der Waals surface area contributed by atoms with Gasteiger partial charge in [0.05, 0.1) is 13.2 Å². The molecule has 8 rings (SSSR count). The molecule has 0 N–H and O–H groups in total. The first kappa shape index (κ1) is 33.4. The second kappa shape index (κ2) is 13.8. The lowest BCUT2D eigenvalue weighted by molar-refractivity contribution is 0.160. The molecule has 6 aromatic carbocycles. The van der Waals surface area contributed by atoms with Crippen LogP contribution in [0.3, 0.4) is 0 Å². The monoisotopic (exact) mass is 684 g/mol. The molecule has 0 saturated heterocycles. The molecule has 2 aliphatic heterocycles. The Hall–Kier alpha value is -5.74. The summed E-state index contributed by atoms with van der Waals surface area (Å²) in [5.41, 5.74) is 4.61. The molecule has 2 atom stereocenters. The van der Waals surface area contributed by atoms with Gasteiger partial charge in [-0.1, -0.05) is 125 Å². The van der Waals surface area contributed by atoms with E-state index in [9.17, 15) is 0 Å². The highest BCUT2D eigenvalue weighted by molar-refractivity contribution is 6.02. The van der Waals surface area contributed by atoms with Crippen molar-refractivity contribution in [3.63, 3.8) is 0 Å². The summed E-state index contributed by atoms with van der Waals surface area (Å²) in [7, 11) is 0. The Morgan fingerprint density at radius 1 is 0.462 bits per heavy atom. The molecule has 0 bridgehead atoms. The van der Waals surface area contributed by atoms with Crippen molar-refractivity contribution in [1.29, 1.82) is 0 Å². The first-order valence-electron chi connectivity index (χ1n) is 18.3. The second-order valence-electron chi connectivity index (χ2n) is 14.6. The van der Waals surface area contributed by atoms with E-state index in [1.54, 1.807) is 0 Å². The van der Waals surface area contributed by atoms with Crippen LogP contribution in [0.15, 0.2) is 146 Å². The lowest BCUT2D eigenvalue weighted by atomic mass is 9.81. The quantitative estimate of drug-likeness (QED) is 0.144. The van der Waals surface area contributed by atoms with Gasteiger partial charge in [0.15, 0.2) is 11.2 Å². The largest absolute Gasteiger partial charge is 0.493 e. The fraction of sp³-hybridized carbons (Fsp3) is 0.208. The van der Waals surface area contributed by atoms with Crippen molar-refractivity contribution in [2.75, 3.05) is 13.2 Å². The van der Waals surface area contributed by atoms with E-state index in [-0.39, 0.29) is 0 Å². The van der Waals surface area contributed by atoms with E-state index >= 15 is 0 Å². The van der Waals surface area contributed by atoms with Crippen molar-refractivity contribution in [3.8, 4) is 23.0 Å². The molecule has 2 heterocycles. The van der Waals surface area contributed by atoms with Gasteiger partial charge in [-0.05, 0) is 77.9 Å². The Labute approximate surface area is 307 Å². The maximum absolute atomic E-state index is 7.15. The molecule has 0 amide bonds. The van der Waals surface area contributed by atoms with Crippen molar-refractivity contribution in [1.82, 2.24) is 0 Å². The SMILES string of the molecule is CC(C)COc1ccc(C2(c3ccccc3)C=Cc3c(ccc4ccc5c(c34)C=CC(c3ccccc3)(c3ccc(OCC(C)C)cc3)O5)O2)cc1. The van der Waals surface area contributed by atoms with E-state index in [0.29, 0.717) is 25.0 Å². The van der Waals surface area contributed by atoms with Gasteiger partial charge in [-0.25, -0.2) is 0 Å². The van der Waals surface area contributed by atoms with Crippen molar-refractivity contribution < 1.29 is 18.9 Å². The Balaban J connectivity index is 1.20. The minimum absolute atomic E-state index is 0.452. The van der Waals surface area contributed by atoms with Crippen LogP contribution in [0, 0.1) is 11.8 Å². The Bertz CT molecular complexity index is 2080. The summed E-state index contributed by atoms with van der Waals surface area (Å²) in [5, 5.41) is 2.22. The van der Waals surface area contributed by atoms with Gasteiger partial charge in [0.25, 0.3) is 0 Å². The van der Waals surface area contributed by atoms with Crippen LogP contribution < -0.4 is 18.9 Å². The molecule has 0 aromatic heterocycles. The van der Waals surface area contributed by atoms with E-state index in [1.807, 2.05) is 36.4 Å². The summed E-state index contributed by atoms with van der Waals surface area (Å²) in [5.74, 6) is 4.25. The van der Waals surface area contributed by atoms with Gasteiger partial charge in [0, 0.05) is 38.8 Å². The van der Waals surface area contributed by atoms with Crippen LogP contribution in [0.4, 0.5) is 0 Å². The molecule has 2 unspecified atom stereocenters. The first-order valence-corrected chi connectivity index (χ1v) is 18.3. The molecule has 6 aromatic rings. The summed E-state index contributed by atoms with van der Waals surface area (Å²) in [4.78, 5) is 0. The summed E-state index contributed by atoms with van der Waals surface area (Å²) in [6, 6.07) is 46.0. The van der Waals surface area contributed by atoms with Gasteiger partial charge in [-0.3, -0.25) is 0 Å². The minimum atomic E-state index is -0.812. The average Bonchev–Trinajstić information content (AvgIpc) is 3.19. The van der Waals surface area contributed by atoms with E-state index in [2.05, 4.69) is 149 Å². The number of rotatable bonds is 10. The van der Waals surface area contributed by atoms with Crippen LogP contribution in [-0.2, 0) is 11.2 Å². The van der Waals surface area contributed by atoms with E-state index in [1.165, 1.54) is 0 Å². The van der Waals surface area contributed by atoms with Gasteiger partial charge in [-0.2, -0.15) is 0 Å². The fourth-order valence-electron chi connectivity index (χ4n) is 7.21. The molecule has 0 saturated carbocycles. The maximum Gasteiger partial charge on any atom is 0.178 e. The van der Waals surface area contributed by atoms with Crippen molar-refractivity contribution in [3.05, 3.63) is 179 Å². The van der Waals surface area contributed by atoms with Crippen molar-refractivity contribution in [2.45, 2.75) is 38.9 Å². The number of fused-ring (bicyclic) bond motifs is 5. The number of hydrogen-bond donors (Lipinski definition) is 0. The van der Waals surface area contributed by atoms with Crippen molar-refractivity contribution in [2.24, 2.45) is 11.8 Å². The fourth-order valence-corrected chi connectivity index (χ4v) is 7.21. The highest BCUT2D eigenvalue weighted by Gasteiger charge is 2.40. The number of ether oxygens (including phenoxy) is 4. The van der Waals surface area contributed by atoms with Crippen LogP contribution in [0.25, 0.3) is 22.9 Å². The van der Waals surface area contributed by atoms with Gasteiger partial charge >= 0.3 is 0 Å². The lowest BCUT2D eigenvalue weighted by Gasteiger charge is -2.38. The Kier molecular flexibility index (Phi) is 8.84. The molecule has 2 aliphatic rings. The van der Waals surface area contributed by atoms with Crippen LogP contribution >= 0.6 is 0 Å². The second-order valence-corrected chi connectivity index (χ2v) is 14.6. The highest BCUT2D eigenvalue weighted by atomic mass is 16.5. The molecule has 4 nitrogen and oxygen atoms in total. The third-order valence-electron chi connectivity index (χ3n) is 9.84. The topological polar surface area (TPSA) is 36.9 Å². The number of hydrogen-bond acceptors (Lipinski definition) is 4. The summed E-state index contributed by atoms with van der Waals surface area (Å²) >= 11 is 0. The van der Waals surface area contributed by atoms with Crippen LogP contribution in [0.2, 0.25) is 0 Å². The van der Waals surface area contributed by atoms with Crippen LogP contribution in [0.5, 0.6) is 23.0 Å². The zero-order chi connectivity index (χ0) is 35.7. The molecule has 4 heteroatoms. The first-order chi connectivity index (χ1) is 25.3. The molecule has 0 aliphatic carbocycles. The van der Waals surface area contributed by atoms with Gasteiger partial charge in [0.1, 0.15) is 23.0 Å². The predicted octanol–water partition coefficient (Wildman–Crippen LogP) is 11.6. The molecule has 0 radical (unpaired) electrons. The Morgan fingerprint density at radius 3 is 1.23 bits per heavy atom. The van der Waals surface area contributed by atoms with E-state index in [0.717, 1.165) is 67.2 Å². The van der Waals surface area contributed by atoms with E-state index < -0.39 is 11.2 Å². The van der Waals surface area contributed by atoms with Crippen LogP contribution in [-0.4, -0.2) is 13.2 Å². The number of benzene rings is 6. The molecular formula is C48H44O4. The molecule has 0 spiro atoms. The molecular weight excluding hydrogens is 641 g/mol. The lowest BCUT2D eigenvalue weighted by Crippen LogP contribution is -2.34. The summed E-state index contributed by atoms with van der Waals surface area (Å²) in [6.45, 7) is 9.97. The Morgan fingerprint density at radius 2 is 0.846 bits per heavy atom. The minimum Gasteiger partial charge on any atom is -0.493 e. The molecule has 0 fully saturated rings. The molecule has 260 valence electrons. The highest BCUT2D eigenvalue weighted by Crippen LogP contribution is 2.49. The van der Waals surface area contributed by atoms with E-state index in [4.69, 9.17) is 18.9 Å². The maximum atomic E-state index is 7.15. The van der Waals surface area contributed by atoms with Gasteiger partial charge in [-0.15, -0.1) is 0 Å². The van der Waals surface area contributed by atoms with Crippen molar-refractivity contribution >= 4 is 22.9 Å². The average molecular weight is 685 g/mol. The predicted molar refractivity (Wildman–Crippen MR) is 211 cm³/mol. The smallest absolute Gasteiger partial charge is 0.178 e. The zero-order valence-electron chi connectivity index (χ0n) is 30.2. The standard InChI is InChI=1S/C48H44O4/c1-33(2)31-49-40-21-17-38(18-22-40)47(36-11-7-5-8-12-36)29-27-42-44(51-47)25-15-35-16-26-45-43(46(35)42)28-30-48(52-45,37-13-9-6-10-14-37)39-19-23-41(24-20-39)50-32-34(3)4/h5-30,33-34H,31-32H2,1-4H3. The van der Waals surface area contributed by atoms with Gasteiger partial charge < -0.3 is 18.9 Å². The third kappa shape index (κ3) is 6.13. The molecule has 52 heavy (non-hydrogen) atoms. The summed E-state index contributed by atoms with van der Waals surface area (Å²) < 4.78 is 26.3. The normalized spacial score (nSPS) is 18.8. The van der Waals surface area contributed by atoms with Gasteiger partial charge in [0.2, 0.25) is 0 Å². The third-order valence-corrected chi connectivity index (χ3v) is 9.84.